The van der Waals surface area contributed by atoms with Crippen molar-refractivity contribution in [2.45, 2.75) is 43.6 Å². The molecule has 1 saturated heterocycles. The van der Waals surface area contributed by atoms with Gasteiger partial charge in [-0.05, 0) is 49.6 Å². The molecule has 1 amide bonds. The lowest BCUT2D eigenvalue weighted by molar-refractivity contribution is -0.119. The maximum Gasteiger partial charge on any atom is 0.262 e. The number of fused-ring (bicyclic) bond motifs is 1. The third-order valence-corrected chi connectivity index (χ3v) is 6.91. The van der Waals surface area contributed by atoms with Gasteiger partial charge in [-0.25, -0.2) is 4.98 Å². The van der Waals surface area contributed by atoms with Crippen molar-refractivity contribution in [2.24, 2.45) is 0 Å². The summed E-state index contributed by atoms with van der Waals surface area (Å²) in [4.78, 5) is 30.4. The molecule has 1 aliphatic heterocycles. The summed E-state index contributed by atoms with van der Waals surface area (Å²) in [6, 6.07) is 12.2. The van der Waals surface area contributed by atoms with Crippen molar-refractivity contribution in [1.82, 2.24) is 14.9 Å². The molecule has 168 valence electrons. The fourth-order valence-corrected chi connectivity index (χ4v) is 5.15. The predicted molar refractivity (Wildman–Crippen MR) is 129 cm³/mol. The number of para-hydroxylation sites is 1. The number of aromatic nitrogens is 2. The molecular formula is C23H23Cl2N3O3S. The van der Waals surface area contributed by atoms with Gasteiger partial charge in [-0.2, -0.15) is 0 Å². The number of ether oxygens (including phenoxy) is 1. The molecule has 2 unspecified atom stereocenters. The molecule has 0 bridgehead atoms. The van der Waals surface area contributed by atoms with Crippen molar-refractivity contribution in [3.05, 3.63) is 68.4 Å². The monoisotopic (exact) mass is 491 g/mol. The molecule has 32 heavy (non-hydrogen) atoms. The van der Waals surface area contributed by atoms with Crippen LogP contribution in [0.5, 0.6) is 0 Å². The van der Waals surface area contributed by atoms with Crippen LogP contribution in [0, 0.1) is 0 Å². The van der Waals surface area contributed by atoms with Crippen molar-refractivity contribution in [3.8, 4) is 0 Å². The highest BCUT2D eigenvalue weighted by molar-refractivity contribution is 7.99. The molecule has 4 rings (SSSR count). The Morgan fingerprint density at radius 3 is 2.88 bits per heavy atom. The summed E-state index contributed by atoms with van der Waals surface area (Å²) in [7, 11) is 0. The SMILES string of the molecule is CC(NC(=O)CSc1nc2ccccc2c(=O)n1CC1CCCO1)c1ccc(Cl)cc1Cl. The summed E-state index contributed by atoms with van der Waals surface area (Å²) in [5.74, 6) is -0.0640. The third kappa shape index (κ3) is 5.29. The van der Waals surface area contributed by atoms with Crippen LogP contribution in [0.1, 0.15) is 31.4 Å². The quantitative estimate of drug-likeness (QED) is 0.377. The standard InChI is InChI=1S/C23H23Cl2N3O3S/c1-14(17-9-8-15(24)11-19(17)25)26-21(29)13-32-23-27-20-7-3-2-6-18(20)22(30)28(23)12-16-5-4-10-31-16/h2-3,6-9,11,14,16H,4-5,10,12-13H2,1H3,(H,26,29). The van der Waals surface area contributed by atoms with Gasteiger partial charge in [0.15, 0.2) is 5.16 Å². The first kappa shape index (κ1) is 23.1. The van der Waals surface area contributed by atoms with Crippen LogP contribution in [0.25, 0.3) is 10.9 Å². The van der Waals surface area contributed by atoms with Crippen LogP contribution in [-0.4, -0.2) is 33.9 Å². The Bertz CT molecular complexity index is 1190. The number of thioether (sulfide) groups is 1. The van der Waals surface area contributed by atoms with Gasteiger partial charge in [-0.1, -0.05) is 53.2 Å². The minimum Gasteiger partial charge on any atom is -0.376 e. The van der Waals surface area contributed by atoms with E-state index in [9.17, 15) is 9.59 Å². The number of hydrogen-bond donors (Lipinski definition) is 1. The maximum absolute atomic E-state index is 13.1. The molecule has 2 aromatic carbocycles. The zero-order valence-electron chi connectivity index (χ0n) is 17.5. The van der Waals surface area contributed by atoms with Crippen LogP contribution < -0.4 is 10.9 Å². The zero-order chi connectivity index (χ0) is 22.7. The highest BCUT2D eigenvalue weighted by atomic mass is 35.5. The molecule has 9 heteroatoms. The second kappa shape index (κ2) is 10.3. The molecule has 2 heterocycles. The van der Waals surface area contributed by atoms with Crippen LogP contribution in [0.15, 0.2) is 52.4 Å². The van der Waals surface area contributed by atoms with Crippen molar-refractivity contribution in [1.29, 1.82) is 0 Å². The number of hydrogen-bond acceptors (Lipinski definition) is 5. The Morgan fingerprint density at radius 2 is 2.12 bits per heavy atom. The smallest absolute Gasteiger partial charge is 0.262 e. The molecule has 0 aliphatic carbocycles. The van der Waals surface area contributed by atoms with Gasteiger partial charge >= 0.3 is 0 Å². The van der Waals surface area contributed by atoms with Crippen molar-refractivity contribution >= 4 is 51.8 Å². The number of rotatable bonds is 7. The van der Waals surface area contributed by atoms with Gasteiger partial charge in [-0.15, -0.1) is 0 Å². The van der Waals surface area contributed by atoms with E-state index in [0.29, 0.717) is 39.3 Å². The number of carbonyl (C=O) groups is 1. The Balaban J connectivity index is 1.51. The number of nitrogens with zero attached hydrogens (tertiary/aromatic N) is 2. The van der Waals surface area contributed by atoms with Crippen LogP contribution in [0.4, 0.5) is 0 Å². The first-order chi connectivity index (χ1) is 15.4. The fraction of sp³-hybridized carbons (Fsp3) is 0.348. The maximum atomic E-state index is 13.1. The lowest BCUT2D eigenvalue weighted by Gasteiger charge is -2.18. The van der Waals surface area contributed by atoms with E-state index >= 15 is 0 Å². The zero-order valence-corrected chi connectivity index (χ0v) is 19.8. The molecule has 0 spiro atoms. The molecule has 0 radical (unpaired) electrons. The summed E-state index contributed by atoms with van der Waals surface area (Å²) in [5, 5.41) is 5.06. The summed E-state index contributed by atoms with van der Waals surface area (Å²) in [6.07, 6.45) is 1.87. The Kier molecular flexibility index (Phi) is 7.40. The van der Waals surface area contributed by atoms with E-state index in [1.807, 2.05) is 25.1 Å². The summed E-state index contributed by atoms with van der Waals surface area (Å²) in [6.45, 7) is 2.99. The Hall–Kier alpha value is -2.06. The molecule has 1 N–H and O–H groups in total. The van der Waals surface area contributed by atoms with E-state index in [0.717, 1.165) is 18.4 Å². The van der Waals surface area contributed by atoms with Gasteiger partial charge in [-0.3, -0.25) is 14.2 Å². The van der Waals surface area contributed by atoms with E-state index in [1.54, 1.807) is 28.8 Å². The molecule has 0 saturated carbocycles. The molecule has 3 aromatic rings. The van der Waals surface area contributed by atoms with Gasteiger partial charge in [0.1, 0.15) is 0 Å². The fourth-order valence-electron chi connectivity index (χ4n) is 3.75. The number of benzene rings is 2. The topological polar surface area (TPSA) is 73.2 Å². The molecule has 1 aromatic heterocycles. The normalized spacial score (nSPS) is 16.9. The van der Waals surface area contributed by atoms with E-state index in [2.05, 4.69) is 10.3 Å². The minimum absolute atomic E-state index is 0.0177. The Morgan fingerprint density at radius 1 is 1.31 bits per heavy atom. The largest absolute Gasteiger partial charge is 0.376 e. The average molecular weight is 492 g/mol. The molecule has 2 atom stereocenters. The number of amides is 1. The lowest BCUT2D eigenvalue weighted by Crippen LogP contribution is -2.31. The van der Waals surface area contributed by atoms with E-state index in [-0.39, 0.29) is 29.4 Å². The van der Waals surface area contributed by atoms with Crippen molar-refractivity contribution in [2.75, 3.05) is 12.4 Å². The Labute approximate surface area is 200 Å². The van der Waals surface area contributed by atoms with Gasteiger partial charge < -0.3 is 10.1 Å². The first-order valence-electron chi connectivity index (χ1n) is 10.4. The van der Waals surface area contributed by atoms with Crippen LogP contribution in [0.2, 0.25) is 10.0 Å². The second-order valence-corrected chi connectivity index (χ2v) is 9.49. The molecule has 1 aliphatic rings. The van der Waals surface area contributed by atoms with Crippen molar-refractivity contribution < 1.29 is 9.53 Å². The van der Waals surface area contributed by atoms with Gasteiger partial charge in [0.25, 0.3) is 5.56 Å². The van der Waals surface area contributed by atoms with Crippen LogP contribution in [0.3, 0.4) is 0 Å². The van der Waals surface area contributed by atoms with Crippen LogP contribution in [-0.2, 0) is 16.1 Å². The van der Waals surface area contributed by atoms with E-state index in [4.69, 9.17) is 27.9 Å². The van der Waals surface area contributed by atoms with Crippen molar-refractivity contribution in [3.63, 3.8) is 0 Å². The minimum atomic E-state index is -0.286. The molecule has 6 nitrogen and oxygen atoms in total. The second-order valence-electron chi connectivity index (χ2n) is 7.71. The van der Waals surface area contributed by atoms with E-state index < -0.39 is 0 Å². The number of halogens is 2. The highest BCUT2D eigenvalue weighted by Gasteiger charge is 2.21. The van der Waals surface area contributed by atoms with Gasteiger partial charge in [0.05, 0.1) is 35.3 Å². The van der Waals surface area contributed by atoms with Gasteiger partial charge in [0.2, 0.25) is 5.91 Å². The predicted octanol–water partition coefficient (Wildman–Crippen LogP) is 4.85. The average Bonchev–Trinajstić information content (AvgIpc) is 3.27. The lowest BCUT2D eigenvalue weighted by atomic mass is 10.1. The first-order valence-corrected chi connectivity index (χ1v) is 12.1. The molecular weight excluding hydrogens is 469 g/mol. The van der Waals surface area contributed by atoms with E-state index in [1.165, 1.54) is 11.8 Å². The summed E-state index contributed by atoms with van der Waals surface area (Å²) < 4.78 is 7.36. The van der Waals surface area contributed by atoms with Gasteiger partial charge in [0, 0.05) is 16.7 Å². The van der Waals surface area contributed by atoms with Crippen LogP contribution >= 0.6 is 35.0 Å². The number of nitrogens with one attached hydrogen (secondary N) is 1. The molecule has 1 fully saturated rings. The third-order valence-electron chi connectivity index (χ3n) is 5.38. The summed E-state index contributed by atoms with van der Waals surface area (Å²) in [5.41, 5.74) is 1.29. The number of carbonyl (C=O) groups excluding carboxylic acids is 1. The highest BCUT2D eigenvalue weighted by Crippen LogP contribution is 2.26. The summed E-state index contributed by atoms with van der Waals surface area (Å²) >= 11 is 13.5.